The van der Waals surface area contributed by atoms with Crippen molar-refractivity contribution in [3.05, 3.63) is 47.7 Å². The Hall–Kier alpha value is -4.12. The third-order valence-corrected chi connectivity index (χ3v) is 8.37. The number of likely N-dealkylation sites (N-methyl/N-ethyl adjacent to an activating group) is 1. The number of piperazine rings is 1. The molecule has 2 saturated heterocycles. The fourth-order valence-electron chi connectivity index (χ4n) is 6.26. The number of amides is 2. The van der Waals surface area contributed by atoms with E-state index in [0.717, 1.165) is 35.7 Å². The second kappa shape index (κ2) is 12.5. The highest BCUT2D eigenvalue weighted by molar-refractivity contribution is 6.12. The molecule has 3 N–H and O–H groups in total. The second-order valence-electron chi connectivity index (χ2n) is 13.1. The average Bonchev–Trinajstić information content (AvgIpc) is 3.36. The van der Waals surface area contributed by atoms with E-state index in [-0.39, 0.29) is 41.6 Å². The third-order valence-electron chi connectivity index (χ3n) is 8.37. The Kier molecular flexibility index (Phi) is 8.88. The zero-order valence-electron chi connectivity index (χ0n) is 26.9. The summed E-state index contributed by atoms with van der Waals surface area (Å²) in [5.41, 5.74) is 8.06. The molecule has 5 rings (SSSR count). The Morgan fingerprint density at radius 2 is 1.75 bits per heavy atom. The number of nitrogen functional groups attached to an aromatic ring is 1. The maximum atomic E-state index is 13.9. The summed E-state index contributed by atoms with van der Waals surface area (Å²) in [4.78, 5) is 42.1. The molecule has 1 unspecified atom stereocenters. The first kappa shape index (κ1) is 31.3. The van der Waals surface area contributed by atoms with Crippen LogP contribution in [0, 0.1) is 6.92 Å². The Labute approximate surface area is 259 Å². The van der Waals surface area contributed by atoms with E-state index in [4.69, 9.17) is 20.2 Å². The summed E-state index contributed by atoms with van der Waals surface area (Å²) in [7, 11) is 2.08. The Morgan fingerprint density at radius 1 is 1.07 bits per heavy atom. The lowest BCUT2D eigenvalue weighted by Gasteiger charge is -2.45. The summed E-state index contributed by atoms with van der Waals surface area (Å²) < 4.78 is 11.8. The lowest BCUT2D eigenvalue weighted by atomic mass is 10.0. The molecule has 3 aromatic rings. The van der Waals surface area contributed by atoms with Gasteiger partial charge in [0.05, 0.1) is 0 Å². The first-order chi connectivity index (χ1) is 20.8. The van der Waals surface area contributed by atoms with Crippen molar-refractivity contribution in [2.24, 2.45) is 0 Å². The average molecular weight is 604 g/mol. The van der Waals surface area contributed by atoms with Gasteiger partial charge in [-0.2, -0.15) is 9.97 Å². The van der Waals surface area contributed by atoms with Gasteiger partial charge in [0.2, 0.25) is 0 Å². The van der Waals surface area contributed by atoms with Gasteiger partial charge in [0.1, 0.15) is 17.9 Å². The van der Waals surface area contributed by atoms with Crippen molar-refractivity contribution in [3.63, 3.8) is 0 Å². The summed E-state index contributed by atoms with van der Waals surface area (Å²) in [6.07, 6.45) is 1.77. The predicted molar refractivity (Wildman–Crippen MR) is 173 cm³/mol. The highest BCUT2D eigenvalue weighted by Crippen LogP contribution is 2.34. The van der Waals surface area contributed by atoms with Crippen LogP contribution in [0.4, 0.5) is 22.0 Å². The van der Waals surface area contributed by atoms with Gasteiger partial charge < -0.3 is 35.2 Å². The molecule has 3 atom stereocenters. The Balaban J connectivity index is 1.48. The molecule has 2 aromatic carbocycles. The second-order valence-corrected chi connectivity index (χ2v) is 13.1. The molecular weight excluding hydrogens is 558 g/mol. The van der Waals surface area contributed by atoms with E-state index in [1.165, 1.54) is 0 Å². The van der Waals surface area contributed by atoms with Crippen LogP contribution in [0.25, 0.3) is 10.8 Å². The predicted octanol–water partition coefficient (Wildman–Crippen LogP) is 5.08. The number of carbonyl (C=O) groups is 2. The SMILES string of the molecule is Cc1cccc2cccc(NC(=O)c3nc(OCC4CCCN4C)nc(N4[C@@H](C)CN(C(=O)OC(C)(C)C)C[C@@H]4C)c3N)c12. The van der Waals surface area contributed by atoms with Gasteiger partial charge in [-0.3, -0.25) is 4.79 Å². The molecule has 2 aliphatic heterocycles. The van der Waals surface area contributed by atoms with E-state index in [1.807, 2.05) is 82.8 Å². The number of hydrogen-bond acceptors (Lipinski definition) is 9. The molecule has 0 radical (unpaired) electrons. The quantitative estimate of drug-likeness (QED) is 0.397. The van der Waals surface area contributed by atoms with Gasteiger partial charge in [0, 0.05) is 42.3 Å². The van der Waals surface area contributed by atoms with Crippen LogP contribution >= 0.6 is 0 Å². The zero-order valence-corrected chi connectivity index (χ0v) is 26.9. The van der Waals surface area contributed by atoms with Crippen molar-refractivity contribution in [3.8, 4) is 6.01 Å². The number of rotatable bonds is 6. The van der Waals surface area contributed by atoms with Gasteiger partial charge >= 0.3 is 12.1 Å². The van der Waals surface area contributed by atoms with Gasteiger partial charge in [-0.05, 0) is 85.0 Å². The molecule has 0 aliphatic carbocycles. The molecular formula is C33H45N7O4. The van der Waals surface area contributed by atoms with E-state index in [1.54, 1.807) is 4.90 Å². The molecule has 0 bridgehead atoms. The number of nitrogens with two attached hydrogens (primary N) is 1. The van der Waals surface area contributed by atoms with E-state index in [2.05, 4.69) is 22.2 Å². The van der Waals surface area contributed by atoms with Crippen LogP contribution in [0.5, 0.6) is 6.01 Å². The van der Waals surface area contributed by atoms with Crippen molar-refractivity contribution in [1.82, 2.24) is 19.8 Å². The van der Waals surface area contributed by atoms with Gasteiger partial charge in [-0.1, -0.05) is 30.3 Å². The molecule has 3 heterocycles. The standard InChI is InChI=1S/C33H45N7O4/c1-20-11-8-12-23-13-9-15-25(26(20)23)35-30(41)28-27(34)29(37-31(36-28)43-19-24-14-10-16-38(24)7)40-21(2)17-39(18-22(40)3)32(42)44-33(4,5)6/h8-9,11-13,15,21-22,24H,10,14,16-19,34H2,1-7H3,(H,35,41)/t21-,22-,24?/m0/s1. The minimum atomic E-state index is -0.595. The van der Waals surface area contributed by atoms with Gasteiger partial charge in [0.25, 0.3) is 5.91 Å². The van der Waals surface area contributed by atoms with E-state index < -0.39 is 11.5 Å². The number of anilines is 3. The first-order valence-corrected chi connectivity index (χ1v) is 15.4. The van der Waals surface area contributed by atoms with Crippen LogP contribution in [0.1, 0.15) is 63.5 Å². The van der Waals surface area contributed by atoms with Gasteiger partial charge in [-0.15, -0.1) is 0 Å². The lowest BCUT2D eigenvalue weighted by Crippen LogP contribution is -2.59. The van der Waals surface area contributed by atoms with E-state index >= 15 is 0 Å². The zero-order chi connectivity index (χ0) is 31.8. The van der Waals surface area contributed by atoms with Crippen molar-refractivity contribution < 1.29 is 19.1 Å². The summed E-state index contributed by atoms with van der Waals surface area (Å²) in [5, 5.41) is 5.03. The molecule has 44 heavy (non-hydrogen) atoms. The van der Waals surface area contributed by atoms with Crippen LogP contribution in [-0.4, -0.2) is 88.8 Å². The van der Waals surface area contributed by atoms with Crippen LogP contribution in [0.15, 0.2) is 36.4 Å². The smallest absolute Gasteiger partial charge is 0.410 e. The lowest BCUT2D eigenvalue weighted by molar-refractivity contribution is 0.0192. The minimum absolute atomic E-state index is 0.0457. The number of aryl methyl sites for hydroxylation is 1. The fourth-order valence-corrected chi connectivity index (χ4v) is 6.26. The normalized spacial score (nSPS) is 21.0. The number of carbonyl (C=O) groups excluding carboxylic acids is 2. The van der Waals surface area contributed by atoms with E-state index in [0.29, 0.717) is 31.2 Å². The van der Waals surface area contributed by atoms with Gasteiger partial charge in [0.15, 0.2) is 11.5 Å². The highest BCUT2D eigenvalue weighted by Gasteiger charge is 2.37. The maximum Gasteiger partial charge on any atom is 0.410 e. The monoisotopic (exact) mass is 603 g/mol. The van der Waals surface area contributed by atoms with Crippen LogP contribution in [0.2, 0.25) is 0 Å². The fraction of sp³-hybridized carbons (Fsp3) is 0.515. The van der Waals surface area contributed by atoms with Crippen LogP contribution < -0.4 is 20.7 Å². The maximum absolute atomic E-state index is 13.9. The summed E-state index contributed by atoms with van der Waals surface area (Å²) in [5.74, 6) is -0.0321. The molecule has 0 spiro atoms. The molecule has 11 heteroatoms. The molecule has 0 saturated carbocycles. The molecule has 2 amide bonds. The number of benzene rings is 2. The number of fused-ring (bicyclic) bond motifs is 1. The highest BCUT2D eigenvalue weighted by atomic mass is 16.6. The third kappa shape index (κ3) is 6.67. The Morgan fingerprint density at radius 3 is 2.39 bits per heavy atom. The van der Waals surface area contributed by atoms with Crippen molar-refractivity contribution in [2.45, 2.75) is 78.1 Å². The number of likely N-dealkylation sites (tertiary alicyclic amines) is 1. The number of nitrogens with one attached hydrogen (secondary N) is 1. The van der Waals surface area contributed by atoms with Crippen molar-refractivity contribution in [1.29, 1.82) is 0 Å². The minimum Gasteiger partial charge on any atom is -0.462 e. The van der Waals surface area contributed by atoms with E-state index in [9.17, 15) is 9.59 Å². The molecule has 1 aromatic heterocycles. The number of nitrogens with zero attached hydrogens (tertiary/aromatic N) is 5. The van der Waals surface area contributed by atoms with Crippen LogP contribution in [-0.2, 0) is 4.74 Å². The Bertz CT molecular complexity index is 1520. The van der Waals surface area contributed by atoms with Crippen molar-refractivity contribution in [2.75, 3.05) is 49.2 Å². The van der Waals surface area contributed by atoms with Gasteiger partial charge in [-0.25, -0.2) is 4.79 Å². The van der Waals surface area contributed by atoms with Crippen molar-refractivity contribution >= 4 is 40.0 Å². The van der Waals surface area contributed by atoms with Crippen LogP contribution in [0.3, 0.4) is 0 Å². The molecule has 2 fully saturated rings. The summed E-state index contributed by atoms with van der Waals surface area (Å²) in [6.45, 7) is 13.8. The summed E-state index contributed by atoms with van der Waals surface area (Å²) >= 11 is 0. The molecule has 2 aliphatic rings. The number of ether oxygens (including phenoxy) is 2. The molecule has 236 valence electrons. The molecule has 11 nitrogen and oxygen atoms in total. The topological polar surface area (TPSA) is 126 Å². The number of hydrogen-bond donors (Lipinski definition) is 2. The summed E-state index contributed by atoms with van der Waals surface area (Å²) in [6, 6.07) is 11.8. The number of aromatic nitrogens is 2. The largest absolute Gasteiger partial charge is 0.462 e. The first-order valence-electron chi connectivity index (χ1n) is 15.4.